The van der Waals surface area contributed by atoms with Gasteiger partial charge in [-0.15, -0.1) is 12.4 Å². The number of halogens is 2. The maximum Gasteiger partial charge on any atom is 0.221 e. The third-order valence-corrected chi connectivity index (χ3v) is 3.05. The summed E-state index contributed by atoms with van der Waals surface area (Å²) in [6.07, 6.45) is 1.50. The molecule has 0 unspecified atom stereocenters. The molecule has 1 heterocycles. The molecular formula is C17H13ClFN. The van der Waals surface area contributed by atoms with E-state index in [4.69, 9.17) is 0 Å². The third kappa shape index (κ3) is 2.70. The van der Waals surface area contributed by atoms with Gasteiger partial charge in [0.05, 0.1) is 0 Å². The van der Waals surface area contributed by atoms with Crippen molar-refractivity contribution in [3.8, 4) is 22.3 Å². The van der Waals surface area contributed by atoms with Crippen LogP contribution in [0.2, 0.25) is 0 Å². The van der Waals surface area contributed by atoms with Gasteiger partial charge in [-0.1, -0.05) is 60.7 Å². The number of rotatable bonds is 2. The molecule has 0 spiro atoms. The summed E-state index contributed by atoms with van der Waals surface area (Å²) in [5, 5.41) is 0. The molecule has 2 aromatic carbocycles. The van der Waals surface area contributed by atoms with Crippen LogP contribution in [-0.2, 0) is 0 Å². The molecule has 3 heteroatoms. The van der Waals surface area contributed by atoms with Crippen molar-refractivity contribution in [3.63, 3.8) is 0 Å². The minimum Gasteiger partial charge on any atom is -0.228 e. The molecule has 0 atom stereocenters. The zero-order valence-electron chi connectivity index (χ0n) is 10.7. The summed E-state index contributed by atoms with van der Waals surface area (Å²) < 4.78 is 14.1. The highest BCUT2D eigenvalue weighted by Gasteiger charge is 2.12. The molecule has 20 heavy (non-hydrogen) atoms. The van der Waals surface area contributed by atoms with Gasteiger partial charge in [0.15, 0.2) is 0 Å². The third-order valence-electron chi connectivity index (χ3n) is 3.05. The Kier molecular flexibility index (Phi) is 4.49. The molecule has 100 valence electrons. The van der Waals surface area contributed by atoms with Crippen molar-refractivity contribution >= 4 is 12.4 Å². The highest BCUT2D eigenvalue weighted by Crippen LogP contribution is 2.32. The standard InChI is InChI=1S/C17H12FN.ClH/c18-17-16(14-9-5-2-6-10-14)15(11-12-19-17)13-7-3-1-4-8-13;/h1-12H;1H. The zero-order chi connectivity index (χ0) is 13.1. The predicted molar refractivity (Wildman–Crippen MR) is 82.3 cm³/mol. The van der Waals surface area contributed by atoms with Gasteiger partial charge >= 0.3 is 0 Å². The van der Waals surface area contributed by atoms with E-state index >= 15 is 0 Å². The second-order valence-corrected chi connectivity index (χ2v) is 4.26. The van der Waals surface area contributed by atoms with E-state index in [-0.39, 0.29) is 12.4 Å². The lowest BCUT2D eigenvalue weighted by Crippen LogP contribution is -1.92. The number of nitrogens with zero attached hydrogens (tertiary/aromatic N) is 1. The second kappa shape index (κ2) is 6.31. The van der Waals surface area contributed by atoms with Crippen LogP contribution in [-0.4, -0.2) is 4.98 Å². The van der Waals surface area contributed by atoms with E-state index in [2.05, 4.69) is 4.98 Å². The fourth-order valence-corrected chi connectivity index (χ4v) is 2.17. The van der Waals surface area contributed by atoms with E-state index in [1.165, 1.54) is 6.20 Å². The SMILES string of the molecule is Cl.Fc1nccc(-c2ccccc2)c1-c1ccccc1. The maximum absolute atomic E-state index is 14.1. The Bertz CT molecular complexity index is 684. The van der Waals surface area contributed by atoms with Crippen molar-refractivity contribution in [2.45, 2.75) is 0 Å². The normalized spacial score (nSPS) is 9.85. The molecule has 0 fully saturated rings. The molecule has 0 aliphatic carbocycles. The lowest BCUT2D eigenvalue weighted by Gasteiger charge is -2.10. The van der Waals surface area contributed by atoms with Crippen LogP contribution in [0.5, 0.6) is 0 Å². The summed E-state index contributed by atoms with van der Waals surface area (Å²) in [5.41, 5.74) is 3.24. The lowest BCUT2D eigenvalue weighted by atomic mass is 9.96. The molecular weight excluding hydrogens is 273 g/mol. The van der Waals surface area contributed by atoms with Gasteiger partial charge in [0.2, 0.25) is 5.95 Å². The van der Waals surface area contributed by atoms with Gasteiger partial charge in [0.1, 0.15) is 0 Å². The highest BCUT2D eigenvalue weighted by molar-refractivity contribution is 5.85. The first kappa shape index (κ1) is 14.2. The topological polar surface area (TPSA) is 12.9 Å². The van der Waals surface area contributed by atoms with Crippen LogP contribution in [0.1, 0.15) is 0 Å². The Balaban J connectivity index is 0.00000147. The van der Waals surface area contributed by atoms with Crippen LogP contribution < -0.4 is 0 Å². The minimum atomic E-state index is -0.437. The smallest absolute Gasteiger partial charge is 0.221 e. The van der Waals surface area contributed by atoms with Gasteiger partial charge < -0.3 is 0 Å². The van der Waals surface area contributed by atoms with E-state index in [1.807, 2.05) is 66.7 Å². The van der Waals surface area contributed by atoms with Crippen LogP contribution in [0.25, 0.3) is 22.3 Å². The maximum atomic E-state index is 14.1. The molecule has 0 saturated carbocycles. The monoisotopic (exact) mass is 285 g/mol. The predicted octanol–water partition coefficient (Wildman–Crippen LogP) is 4.98. The summed E-state index contributed by atoms with van der Waals surface area (Å²) in [5.74, 6) is -0.437. The van der Waals surface area contributed by atoms with Crippen molar-refractivity contribution in [3.05, 3.63) is 78.9 Å². The fourth-order valence-electron chi connectivity index (χ4n) is 2.17. The number of pyridine rings is 1. The van der Waals surface area contributed by atoms with E-state index in [0.717, 1.165) is 16.7 Å². The highest BCUT2D eigenvalue weighted by atomic mass is 35.5. The number of hydrogen-bond donors (Lipinski definition) is 0. The Hall–Kier alpha value is -2.19. The van der Waals surface area contributed by atoms with Crippen molar-refractivity contribution < 1.29 is 4.39 Å². The van der Waals surface area contributed by atoms with E-state index in [9.17, 15) is 4.39 Å². The van der Waals surface area contributed by atoms with Crippen LogP contribution in [0, 0.1) is 5.95 Å². The van der Waals surface area contributed by atoms with Crippen LogP contribution in [0.3, 0.4) is 0 Å². The first-order chi connectivity index (χ1) is 9.36. The molecule has 0 aliphatic heterocycles. The van der Waals surface area contributed by atoms with Gasteiger partial charge in [-0.05, 0) is 22.8 Å². The average Bonchev–Trinajstić information content (AvgIpc) is 2.49. The number of benzene rings is 2. The van der Waals surface area contributed by atoms with E-state index in [1.54, 1.807) is 0 Å². The summed E-state index contributed by atoms with van der Waals surface area (Å²) in [6, 6.07) is 21.1. The van der Waals surface area contributed by atoms with Gasteiger partial charge in [0, 0.05) is 11.8 Å². The van der Waals surface area contributed by atoms with Crippen molar-refractivity contribution in [1.82, 2.24) is 4.98 Å². The summed E-state index contributed by atoms with van der Waals surface area (Å²) >= 11 is 0. The summed E-state index contributed by atoms with van der Waals surface area (Å²) in [4.78, 5) is 3.77. The molecule has 0 radical (unpaired) electrons. The Morgan fingerprint density at radius 2 is 1.25 bits per heavy atom. The van der Waals surface area contributed by atoms with Gasteiger partial charge in [-0.3, -0.25) is 0 Å². The largest absolute Gasteiger partial charge is 0.228 e. The molecule has 1 aromatic heterocycles. The average molecular weight is 286 g/mol. The summed E-state index contributed by atoms with van der Waals surface area (Å²) in [6.45, 7) is 0. The first-order valence-corrected chi connectivity index (χ1v) is 6.11. The molecule has 0 N–H and O–H groups in total. The molecule has 1 nitrogen and oxygen atoms in total. The molecule has 3 aromatic rings. The van der Waals surface area contributed by atoms with Crippen molar-refractivity contribution in [2.24, 2.45) is 0 Å². The molecule has 0 aliphatic rings. The van der Waals surface area contributed by atoms with E-state index < -0.39 is 5.95 Å². The summed E-state index contributed by atoms with van der Waals surface area (Å²) in [7, 11) is 0. The van der Waals surface area contributed by atoms with Gasteiger partial charge in [-0.2, -0.15) is 4.39 Å². The van der Waals surface area contributed by atoms with Crippen LogP contribution in [0.4, 0.5) is 4.39 Å². The number of hydrogen-bond acceptors (Lipinski definition) is 1. The second-order valence-electron chi connectivity index (χ2n) is 4.26. The van der Waals surface area contributed by atoms with Gasteiger partial charge in [0.25, 0.3) is 0 Å². The Morgan fingerprint density at radius 1 is 0.700 bits per heavy atom. The van der Waals surface area contributed by atoms with Crippen molar-refractivity contribution in [2.75, 3.05) is 0 Å². The first-order valence-electron chi connectivity index (χ1n) is 6.11. The van der Waals surface area contributed by atoms with Crippen LogP contribution in [0.15, 0.2) is 72.9 Å². The van der Waals surface area contributed by atoms with E-state index in [0.29, 0.717) is 5.56 Å². The molecule has 0 bridgehead atoms. The minimum absolute atomic E-state index is 0. The lowest BCUT2D eigenvalue weighted by molar-refractivity contribution is 0.588. The quantitative estimate of drug-likeness (QED) is 0.605. The Morgan fingerprint density at radius 3 is 1.85 bits per heavy atom. The van der Waals surface area contributed by atoms with Crippen molar-refractivity contribution in [1.29, 1.82) is 0 Å². The molecule has 0 amide bonds. The number of aromatic nitrogens is 1. The Labute approximate surface area is 123 Å². The van der Waals surface area contributed by atoms with Crippen LogP contribution >= 0.6 is 12.4 Å². The van der Waals surface area contributed by atoms with Gasteiger partial charge in [-0.25, -0.2) is 4.98 Å². The zero-order valence-corrected chi connectivity index (χ0v) is 11.5. The molecule has 0 saturated heterocycles. The fraction of sp³-hybridized carbons (Fsp3) is 0. The molecule has 3 rings (SSSR count).